The summed E-state index contributed by atoms with van der Waals surface area (Å²) in [6, 6.07) is 2.01. The zero-order chi connectivity index (χ0) is 15.4. The summed E-state index contributed by atoms with van der Waals surface area (Å²) in [7, 11) is 0. The summed E-state index contributed by atoms with van der Waals surface area (Å²) in [6.45, 7) is 4.86. The Hall–Kier alpha value is -2.24. The van der Waals surface area contributed by atoms with Crippen molar-refractivity contribution in [2.75, 3.05) is 25.1 Å². The number of aromatic nitrogens is 2. The molecule has 1 saturated heterocycles. The van der Waals surface area contributed by atoms with Gasteiger partial charge in [0.1, 0.15) is 5.82 Å². The Kier molecular flexibility index (Phi) is 4.67. The molecular weight excluding hydrogens is 272 g/mol. The van der Waals surface area contributed by atoms with Crippen molar-refractivity contribution in [3.05, 3.63) is 17.7 Å². The number of anilines is 1. The molecule has 0 aromatic carbocycles. The van der Waals surface area contributed by atoms with Crippen molar-refractivity contribution in [3.63, 3.8) is 0 Å². The molecule has 0 saturated carbocycles. The second-order valence-corrected chi connectivity index (χ2v) is 5.03. The third-order valence-corrected chi connectivity index (χ3v) is 3.18. The summed E-state index contributed by atoms with van der Waals surface area (Å²) in [4.78, 5) is 22.6. The van der Waals surface area contributed by atoms with Gasteiger partial charge in [-0.2, -0.15) is 5.26 Å². The molecule has 8 nitrogen and oxygen atoms in total. The minimum Gasteiger partial charge on any atom is -0.360 e. The Morgan fingerprint density at radius 3 is 3.05 bits per heavy atom. The maximum Gasteiger partial charge on any atom is 0.275 e. The highest BCUT2D eigenvalue weighted by Crippen LogP contribution is 2.18. The van der Waals surface area contributed by atoms with Gasteiger partial charge in [0.2, 0.25) is 0 Å². The first-order valence-corrected chi connectivity index (χ1v) is 6.70. The lowest BCUT2D eigenvalue weighted by molar-refractivity contribution is 0.00322. The maximum absolute atomic E-state index is 12.6. The molecule has 0 bridgehead atoms. The average molecular weight is 290 g/mol. The summed E-state index contributed by atoms with van der Waals surface area (Å²) in [5.74, 6) is 5.81. The van der Waals surface area contributed by atoms with Crippen LogP contribution in [0.5, 0.6) is 0 Å². The second kappa shape index (κ2) is 6.47. The van der Waals surface area contributed by atoms with Crippen LogP contribution in [-0.2, 0) is 4.74 Å². The number of carbonyl (C=O) groups excluding carboxylic acids is 1. The third kappa shape index (κ3) is 3.26. The van der Waals surface area contributed by atoms with Crippen LogP contribution in [0.2, 0.25) is 0 Å². The predicted molar refractivity (Wildman–Crippen MR) is 75.2 cm³/mol. The maximum atomic E-state index is 12.6. The first kappa shape index (κ1) is 15.2. The Labute approximate surface area is 122 Å². The van der Waals surface area contributed by atoms with Crippen molar-refractivity contribution >= 4 is 11.6 Å². The summed E-state index contributed by atoms with van der Waals surface area (Å²) < 4.78 is 5.23. The molecule has 0 aliphatic carbocycles. The largest absolute Gasteiger partial charge is 0.360 e. The molecule has 1 aliphatic rings. The monoisotopic (exact) mass is 290 g/mol. The second-order valence-electron chi connectivity index (χ2n) is 5.03. The Bertz CT molecular complexity index is 568. The van der Waals surface area contributed by atoms with Gasteiger partial charge in [-0.15, -0.1) is 0 Å². The Balaban J connectivity index is 2.29. The SMILES string of the molecule is CC(C)c1ncc(NN)c(C(=O)N2CCOC(C#N)C2)n1. The van der Waals surface area contributed by atoms with Crippen LogP contribution in [0.25, 0.3) is 0 Å². The molecule has 2 rings (SSSR count). The van der Waals surface area contributed by atoms with Crippen LogP contribution in [0.15, 0.2) is 6.20 Å². The number of rotatable bonds is 3. The highest BCUT2D eigenvalue weighted by atomic mass is 16.5. The highest BCUT2D eigenvalue weighted by Gasteiger charge is 2.27. The number of nitrogen functional groups attached to an aromatic ring is 1. The number of carbonyl (C=O) groups is 1. The van der Waals surface area contributed by atoms with Crippen molar-refractivity contribution < 1.29 is 9.53 Å². The van der Waals surface area contributed by atoms with Crippen LogP contribution < -0.4 is 11.3 Å². The fourth-order valence-electron chi connectivity index (χ4n) is 2.00. The molecule has 1 amide bonds. The van der Waals surface area contributed by atoms with Crippen LogP contribution in [0.1, 0.15) is 36.1 Å². The molecule has 21 heavy (non-hydrogen) atoms. The van der Waals surface area contributed by atoms with E-state index in [1.54, 1.807) is 4.90 Å². The Morgan fingerprint density at radius 2 is 2.43 bits per heavy atom. The molecule has 1 atom stereocenters. The van der Waals surface area contributed by atoms with Crippen LogP contribution in [0, 0.1) is 11.3 Å². The van der Waals surface area contributed by atoms with Gasteiger partial charge in [-0.25, -0.2) is 9.97 Å². The number of nitrogens with zero attached hydrogens (tertiary/aromatic N) is 4. The van der Waals surface area contributed by atoms with Crippen LogP contribution in [0.3, 0.4) is 0 Å². The summed E-state index contributed by atoms with van der Waals surface area (Å²) in [5, 5.41) is 8.91. The number of nitrogens with one attached hydrogen (secondary N) is 1. The van der Waals surface area contributed by atoms with E-state index in [-0.39, 0.29) is 24.1 Å². The van der Waals surface area contributed by atoms with Gasteiger partial charge in [0.25, 0.3) is 5.91 Å². The van der Waals surface area contributed by atoms with Gasteiger partial charge in [0.05, 0.1) is 31.1 Å². The number of hydrazine groups is 1. The van der Waals surface area contributed by atoms with E-state index in [0.29, 0.717) is 24.7 Å². The summed E-state index contributed by atoms with van der Waals surface area (Å²) in [6.07, 6.45) is 0.890. The number of nitrogens with two attached hydrogens (primary N) is 1. The van der Waals surface area contributed by atoms with Gasteiger partial charge in [-0.05, 0) is 0 Å². The highest BCUT2D eigenvalue weighted by molar-refractivity contribution is 5.97. The van der Waals surface area contributed by atoms with Crippen LogP contribution >= 0.6 is 0 Å². The molecule has 2 heterocycles. The molecule has 1 aliphatic heterocycles. The van der Waals surface area contributed by atoms with E-state index in [0.717, 1.165) is 0 Å². The zero-order valence-electron chi connectivity index (χ0n) is 12.0. The Morgan fingerprint density at radius 1 is 1.67 bits per heavy atom. The number of hydrogen-bond donors (Lipinski definition) is 2. The van der Waals surface area contributed by atoms with Crippen molar-refractivity contribution in [2.24, 2.45) is 5.84 Å². The zero-order valence-corrected chi connectivity index (χ0v) is 12.0. The average Bonchev–Trinajstić information content (AvgIpc) is 2.53. The van der Waals surface area contributed by atoms with Crippen molar-refractivity contribution in [1.29, 1.82) is 5.26 Å². The number of nitriles is 1. The molecule has 112 valence electrons. The summed E-state index contributed by atoms with van der Waals surface area (Å²) >= 11 is 0. The lowest BCUT2D eigenvalue weighted by Gasteiger charge is -2.30. The van der Waals surface area contributed by atoms with Crippen LogP contribution in [0.4, 0.5) is 5.69 Å². The number of hydrogen-bond acceptors (Lipinski definition) is 7. The molecule has 1 aromatic rings. The third-order valence-electron chi connectivity index (χ3n) is 3.18. The van der Waals surface area contributed by atoms with Crippen molar-refractivity contribution in [3.8, 4) is 6.07 Å². The lowest BCUT2D eigenvalue weighted by Crippen LogP contribution is -2.45. The lowest BCUT2D eigenvalue weighted by atomic mass is 10.2. The quantitative estimate of drug-likeness (QED) is 0.605. The predicted octanol–water partition coefficient (Wildman–Crippen LogP) is 0.250. The smallest absolute Gasteiger partial charge is 0.275 e. The van der Waals surface area contributed by atoms with Crippen molar-refractivity contribution in [2.45, 2.75) is 25.9 Å². The van der Waals surface area contributed by atoms with E-state index in [2.05, 4.69) is 15.4 Å². The number of morpholine rings is 1. The fraction of sp³-hybridized carbons (Fsp3) is 0.538. The summed E-state index contributed by atoms with van der Waals surface area (Å²) in [5.41, 5.74) is 3.02. The van der Waals surface area contributed by atoms with Gasteiger partial charge in [0.15, 0.2) is 11.8 Å². The van der Waals surface area contributed by atoms with E-state index in [1.807, 2.05) is 19.9 Å². The van der Waals surface area contributed by atoms with E-state index >= 15 is 0 Å². The normalized spacial score (nSPS) is 18.4. The number of amides is 1. The number of ether oxygens (including phenoxy) is 1. The molecule has 3 N–H and O–H groups in total. The van der Waals surface area contributed by atoms with E-state index in [4.69, 9.17) is 15.8 Å². The fourth-order valence-corrected chi connectivity index (χ4v) is 2.00. The van der Waals surface area contributed by atoms with E-state index in [9.17, 15) is 4.79 Å². The molecule has 1 fully saturated rings. The van der Waals surface area contributed by atoms with Crippen molar-refractivity contribution in [1.82, 2.24) is 14.9 Å². The standard InChI is InChI=1S/C13H18N6O2/c1-8(2)12-16-6-10(18-15)11(17-12)13(20)19-3-4-21-9(5-14)7-19/h6,8-9,18H,3-4,7,15H2,1-2H3. The minimum absolute atomic E-state index is 0.0971. The van der Waals surface area contributed by atoms with Gasteiger partial charge in [-0.1, -0.05) is 13.8 Å². The molecule has 0 spiro atoms. The van der Waals surface area contributed by atoms with E-state index < -0.39 is 6.10 Å². The minimum atomic E-state index is -0.608. The van der Waals surface area contributed by atoms with Gasteiger partial charge >= 0.3 is 0 Å². The molecule has 8 heteroatoms. The molecular formula is C13H18N6O2. The molecule has 1 aromatic heterocycles. The van der Waals surface area contributed by atoms with Gasteiger partial charge in [-0.3, -0.25) is 10.6 Å². The first-order valence-electron chi connectivity index (χ1n) is 6.70. The molecule has 0 radical (unpaired) electrons. The topological polar surface area (TPSA) is 117 Å². The van der Waals surface area contributed by atoms with Gasteiger partial charge < -0.3 is 15.1 Å². The van der Waals surface area contributed by atoms with Crippen LogP contribution in [-0.4, -0.2) is 46.6 Å². The van der Waals surface area contributed by atoms with Gasteiger partial charge in [0, 0.05) is 12.5 Å². The van der Waals surface area contributed by atoms with E-state index in [1.165, 1.54) is 6.20 Å². The first-order chi connectivity index (χ1) is 10.1. The molecule has 1 unspecified atom stereocenters.